The van der Waals surface area contributed by atoms with Gasteiger partial charge >= 0.3 is 11.9 Å². The highest BCUT2D eigenvalue weighted by Gasteiger charge is 2.30. The van der Waals surface area contributed by atoms with Crippen LogP contribution in [-0.2, 0) is 0 Å². The van der Waals surface area contributed by atoms with E-state index in [1.54, 1.807) is 36.4 Å². The Bertz CT molecular complexity index is 1730. The van der Waals surface area contributed by atoms with E-state index >= 15 is 0 Å². The van der Waals surface area contributed by atoms with Crippen molar-refractivity contribution < 1.29 is 29.4 Å². The smallest absolute Gasteiger partial charge is 0.335 e. The topological polar surface area (TPSA) is 109 Å². The van der Waals surface area contributed by atoms with Crippen LogP contribution < -0.4 is 0 Å². The number of carbonyl (C=O) groups is 4. The summed E-state index contributed by atoms with van der Waals surface area (Å²) in [5.41, 5.74) is 2.10. The lowest BCUT2D eigenvalue weighted by Gasteiger charge is -2.17. The van der Waals surface area contributed by atoms with Crippen LogP contribution in [0.25, 0.3) is 32.7 Å². The number of carboxylic acids is 2. The van der Waals surface area contributed by atoms with Crippen LogP contribution in [0.15, 0.2) is 97.1 Å². The first kappa shape index (κ1) is 22.7. The van der Waals surface area contributed by atoms with Crippen molar-refractivity contribution in [2.24, 2.45) is 0 Å². The molecule has 0 bridgehead atoms. The number of hydrogen-bond acceptors (Lipinski definition) is 4. The number of Topliss-reactive ketones (excluding diaryl/α,β-unsaturated/α-hetero) is 2. The summed E-state index contributed by atoms with van der Waals surface area (Å²) < 4.78 is 0. The molecule has 6 heteroatoms. The normalized spacial score (nSPS) is 11.9. The Morgan fingerprint density at radius 3 is 1.67 bits per heavy atom. The van der Waals surface area contributed by atoms with Gasteiger partial charge in [-0.15, -0.1) is 0 Å². The molecule has 0 unspecified atom stereocenters. The summed E-state index contributed by atoms with van der Waals surface area (Å²) in [7, 11) is 0. The quantitative estimate of drug-likeness (QED) is 0.236. The van der Waals surface area contributed by atoms with E-state index in [2.05, 4.69) is 6.07 Å². The van der Waals surface area contributed by atoms with Gasteiger partial charge in [0, 0.05) is 11.1 Å². The molecule has 1 aliphatic carbocycles. The van der Waals surface area contributed by atoms with Crippen LogP contribution in [0.4, 0.5) is 0 Å². The number of rotatable bonds is 2. The van der Waals surface area contributed by atoms with Gasteiger partial charge in [0.25, 0.3) is 0 Å². The van der Waals surface area contributed by atoms with Gasteiger partial charge in [-0.3, -0.25) is 9.59 Å². The van der Waals surface area contributed by atoms with E-state index in [-0.39, 0.29) is 11.1 Å². The van der Waals surface area contributed by atoms with Gasteiger partial charge in [-0.1, -0.05) is 66.7 Å². The fourth-order valence-electron chi connectivity index (χ4n) is 4.39. The van der Waals surface area contributed by atoms with E-state index in [4.69, 9.17) is 10.2 Å². The molecule has 6 nitrogen and oxygen atoms in total. The third-order valence-electron chi connectivity index (χ3n) is 6.17. The van der Waals surface area contributed by atoms with Gasteiger partial charge in [0.05, 0.1) is 11.1 Å². The summed E-state index contributed by atoms with van der Waals surface area (Å²) >= 11 is 0. The van der Waals surface area contributed by atoms with E-state index in [0.29, 0.717) is 22.3 Å². The standard InChI is InChI=1S/C15H8O4.C15H10O2/c16-13-10-4-2-1-3-9(10)12-7-8(15(18)19)5-6-11(12)14(13)17;16-15(17)12-8-7-11-6-5-10-3-1-2-4-13(10)14(11)9-12/h1-7H,(H,18,19);1-9H,(H,16,17). The zero-order chi connectivity index (χ0) is 25.4. The number of aromatic carboxylic acids is 2. The first-order valence-electron chi connectivity index (χ1n) is 11.1. The van der Waals surface area contributed by atoms with Crippen molar-refractivity contribution in [3.05, 3.63) is 119 Å². The summed E-state index contributed by atoms with van der Waals surface area (Å²) in [6.07, 6.45) is 0. The van der Waals surface area contributed by atoms with Crippen LogP contribution in [-0.4, -0.2) is 33.7 Å². The Labute approximate surface area is 205 Å². The van der Waals surface area contributed by atoms with Crippen molar-refractivity contribution in [1.29, 1.82) is 0 Å². The molecule has 0 fully saturated rings. The molecule has 174 valence electrons. The SMILES string of the molecule is O=C(O)c1ccc2c(c1)-c1ccccc1C(=O)C2=O.O=C(O)c1ccc2ccc3ccccc3c2c1. The minimum absolute atomic E-state index is 0.0932. The summed E-state index contributed by atoms with van der Waals surface area (Å²) in [5.74, 6) is -3.10. The van der Waals surface area contributed by atoms with Crippen LogP contribution in [0.5, 0.6) is 0 Å². The van der Waals surface area contributed by atoms with E-state index < -0.39 is 23.5 Å². The molecule has 0 amide bonds. The fourth-order valence-corrected chi connectivity index (χ4v) is 4.39. The minimum atomic E-state index is -1.07. The van der Waals surface area contributed by atoms with Crippen molar-refractivity contribution in [3.63, 3.8) is 0 Å². The lowest BCUT2D eigenvalue weighted by Crippen LogP contribution is -2.21. The predicted molar refractivity (Wildman–Crippen MR) is 136 cm³/mol. The molecule has 0 atom stereocenters. The molecule has 6 rings (SSSR count). The number of carbonyl (C=O) groups excluding carboxylic acids is 2. The lowest BCUT2D eigenvalue weighted by molar-refractivity contribution is 0.0686. The second-order valence-corrected chi connectivity index (χ2v) is 8.30. The highest BCUT2D eigenvalue weighted by molar-refractivity contribution is 6.53. The Hall–Kier alpha value is -5.10. The van der Waals surface area contributed by atoms with Gasteiger partial charge in [-0.05, 0) is 63.0 Å². The maximum atomic E-state index is 12.0. The molecule has 0 radical (unpaired) electrons. The molecule has 0 spiro atoms. The minimum Gasteiger partial charge on any atom is -0.478 e. The van der Waals surface area contributed by atoms with E-state index in [9.17, 15) is 19.2 Å². The van der Waals surface area contributed by atoms with Gasteiger partial charge in [-0.25, -0.2) is 9.59 Å². The highest BCUT2D eigenvalue weighted by atomic mass is 16.4. The molecule has 0 heterocycles. The maximum Gasteiger partial charge on any atom is 0.335 e. The summed E-state index contributed by atoms with van der Waals surface area (Å²) in [4.78, 5) is 45.9. The molecule has 0 aromatic heterocycles. The molecular weight excluding hydrogens is 456 g/mol. The van der Waals surface area contributed by atoms with Crippen molar-refractivity contribution in [2.45, 2.75) is 0 Å². The first-order chi connectivity index (χ1) is 17.3. The van der Waals surface area contributed by atoms with E-state index in [1.165, 1.54) is 18.2 Å². The summed E-state index contributed by atoms with van der Waals surface area (Å²) in [5, 5.41) is 22.3. The van der Waals surface area contributed by atoms with Crippen molar-refractivity contribution in [2.75, 3.05) is 0 Å². The van der Waals surface area contributed by atoms with Crippen molar-refractivity contribution in [1.82, 2.24) is 0 Å². The first-order valence-corrected chi connectivity index (χ1v) is 11.1. The Morgan fingerprint density at radius 1 is 0.472 bits per heavy atom. The van der Waals surface area contributed by atoms with Gasteiger partial charge < -0.3 is 10.2 Å². The van der Waals surface area contributed by atoms with Gasteiger partial charge in [0.2, 0.25) is 11.6 Å². The molecule has 1 aliphatic rings. The number of fused-ring (bicyclic) bond motifs is 6. The third kappa shape index (κ3) is 3.91. The Morgan fingerprint density at radius 2 is 0.972 bits per heavy atom. The van der Waals surface area contributed by atoms with Crippen LogP contribution in [0.1, 0.15) is 41.4 Å². The van der Waals surface area contributed by atoms with Crippen LogP contribution >= 0.6 is 0 Å². The lowest BCUT2D eigenvalue weighted by atomic mass is 9.83. The fraction of sp³-hybridized carbons (Fsp3) is 0. The number of benzene rings is 5. The molecule has 0 saturated carbocycles. The van der Waals surface area contributed by atoms with Crippen molar-refractivity contribution in [3.8, 4) is 11.1 Å². The van der Waals surface area contributed by atoms with Crippen LogP contribution in [0.2, 0.25) is 0 Å². The molecular formula is C30H18O6. The van der Waals surface area contributed by atoms with Crippen molar-refractivity contribution >= 4 is 45.0 Å². The Balaban J connectivity index is 0.000000149. The Kier molecular flexibility index (Phi) is 5.62. The molecule has 0 aliphatic heterocycles. The van der Waals surface area contributed by atoms with E-state index in [1.807, 2.05) is 36.4 Å². The molecule has 0 saturated heterocycles. The molecule has 5 aromatic carbocycles. The van der Waals surface area contributed by atoms with E-state index in [0.717, 1.165) is 21.5 Å². The van der Waals surface area contributed by atoms with Crippen LogP contribution in [0.3, 0.4) is 0 Å². The van der Waals surface area contributed by atoms with Gasteiger partial charge in [-0.2, -0.15) is 0 Å². The molecule has 2 N–H and O–H groups in total. The van der Waals surface area contributed by atoms with Crippen LogP contribution in [0, 0.1) is 0 Å². The number of ketones is 2. The predicted octanol–water partition coefficient (Wildman–Crippen LogP) is 6.12. The number of hydrogen-bond donors (Lipinski definition) is 2. The monoisotopic (exact) mass is 474 g/mol. The zero-order valence-electron chi connectivity index (χ0n) is 18.8. The average molecular weight is 474 g/mol. The second kappa shape index (κ2) is 8.92. The zero-order valence-corrected chi connectivity index (χ0v) is 18.8. The summed E-state index contributed by atoms with van der Waals surface area (Å²) in [6, 6.07) is 28.2. The van der Waals surface area contributed by atoms with Gasteiger partial charge in [0.1, 0.15) is 0 Å². The largest absolute Gasteiger partial charge is 0.478 e. The highest BCUT2D eigenvalue weighted by Crippen LogP contribution is 2.34. The molecule has 36 heavy (non-hydrogen) atoms. The second-order valence-electron chi connectivity index (χ2n) is 8.30. The number of carboxylic acid groups (broad SMARTS) is 2. The third-order valence-corrected chi connectivity index (χ3v) is 6.17. The maximum absolute atomic E-state index is 12.0. The summed E-state index contributed by atoms with van der Waals surface area (Å²) in [6.45, 7) is 0. The average Bonchev–Trinajstić information content (AvgIpc) is 2.91. The van der Waals surface area contributed by atoms with Gasteiger partial charge in [0.15, 0.2) is 0 Å². The molecule has 5 aromatic rings.